The molecule has 1 fully saturated rings. The Morgan fingerprint density at radius 3 is 2.47 bits per heavy atom. The molecule has 2 rings (SSSR count). The van der Waals surface area contributed by atoms with Crippen LogP contribution in [-0.2, 0) is 0 Å². The smallest absolute Gasteiger partial charge is 0.325 e. The standard InChI is InChI=1S/C21H26Cl2F3N5O/c1-5-28-12-16(27-2)14-6-7-15(18(23)17(14)22)19(21(24,25)26)29-20(32)31(4)13-8-10-30(3)11-9-13/h5-7,12-13,19H,2,8-11H2,1,3-4H3,(H,29,32)/b16-12-,28-5?. The molecular weight excluding hydrogens is 466 g/mol. The average molecular weight is 492 g/mol. The highest BCUT2D eigenvalue weighted by Gasteiger charge is 2.44. The number of halogens is 5. The number of benzene rings is 1. The molecule has 1 aromatic carbocycles. The van der Waals surface area contributed by atoms with E-state index < -0.39 is 18.2 Å². The molecule has 0 radical (unpaired) electrons. The third-order valence-corrected chi connectivity index (χ3v) is 6.26. The largest absolute Gasteiger partial charge is 0.412 e. The lowest BCUT2D eigenvalue weighted by Gasteiger charge is -2.36. The predicted octanol–water partition coefficient (Wildman–Crippen LogP) is 5.42. The molecule has 0 bridgehead atoms. The molecule has 0 aliphatic carbocycles. The normalized spacial score (nSPS) is 17.4. The molecule has 0 aromatic heterocycles. The van der Waals surface area contributed by atoms with Gasteiger partial charge in [-0.25, -0.2) is 4.79 Å². The SMILES string of the molecule is C=N/C(=C\N=CC)c1ccc(C(NC(=O)N(C)C2CCN(C)CC2)C(F)(F)F)c(Cl)c1Cl. The van der Waals surface area contributed by atoms with Crippen molar-refractivity contribution in [2.75, 3.05) is 27.2 Å². The van der Waals surface area contributed by atoms with Gasteiger partial charge in [0, 0.05) is 30.4 Å². The number of amides is 2. The van der Waals surface area contributed by atoms with Crippen LogP contribution in [0.25, 0.3) is 5.70 Å². The number of nitrogens with zero attached hydrogens (tertiary/aromatic N) is 4. The van der Waals surface area contributed by atoms with Gasteiger partial charge in [0.05, 0.1) is 21.9 Å². The van der Waals surface area contributed by atoms with Gasteiger partial charge in [-0.05, 0) is 46.6 Å². The number of alkyl halides is 3. The average Bonchev–Trinajstić information content (AvgIpc) is 2.74. The summed E-state index contributed by atoms with van der Waals surface area (Å²) in [6.07, 6.45) is -0.556. The van der Waals surface area contributed by atoms with Crippen LogP contribution in [0.15, 0.2) is 28.3 Å². The maximum Gasteiger partial charge on any atom is 0.412 e. The summed E-state index contributed by atoms with van der Waals surface area (Å²) in [4.78, 5) is 23.8. The van der Waals surface area contributed by atoms with Gasteiger partial charge in [0.1, 0.15) is 0 Å². The fourth-order valence-electron chi connectivity index (χ4n) is 3.44. The third kappa shape index (κ3) is 6.24. The zero-order valence-electron chi connectivity index (χ0n) is 18.1. The first-order chi connectivity index (χ1) is 15.0. The summed E-state index contributed by atoms with van der Waals surface area (Å²) in [5.41, 5.74) is 0.160. The Kier molecular flexibility index (Phi) is 9.12. The summed E-state index contributed by atoms with van der Waals surface area (Å²) in [6, 6.07) is -0.788. The molecule has 11 heteroatoms. The molecular formula is C21H26Cl2F3N5O. The van der Waals surface area contributed by atoms with Crippen LogP contribution < -0.4 is 5.32 Å². The Hall–Kier alpha value is -2.10. The lowest BCUT2D eigenvalue weighted by Crippen LogP contribution is -2.50. The fourth-order valence-corrected chi connectivity index (χ4v) is 3.98. The molecule has 1 aliphatic rings. The van der Waals surface area contributed by atoms with E-state index in [1.165, 1.54) is 36.5 Å². The van der Waals surface area contributed by atoms with E-state index in [9.17, 15) is 18.0 Å². The minimum absolute atomic E-state index is 0.138. The van der Waals surface area contributed by atoms with Crippen LogP contribution in [-0.4, -0.2) is 68.2 Å². The molecule has 1 unspecified atom stereocenters. The molecule has 6 nitrogen and oxygen atoms in total. The van der Waals surface area contributed by atoms with Gasteiger partial charge in [0.2, 0.25) is 0 Å². The van der Waals surface area contributed by atoms with E-state index in [1.54, 1.807) is 6.92 Å². The highest BCUT2D eigenvalue weighted by molar-refractivity contribution is 6.43. The van der Waals surface area contributed by atoms with Crippen molar-refractivity contribution in [3.05, 3.63) is 39.5 Å². The monoisotopic (exact) mass is 491 g/mol. The third-order valence-electron chi connectivity index (χ3n) is 5.37. The van der Waals surface area contributed by atoms with Crippen molar-refractivity contribution < 1.29 is 18.0 Å². The van der Waals surface area contributed by atoms with Crippen LogP contribution in [0.4, 0.5) is 18.0 Å². The number of piperidine rings is 1. The van der Waals surface area contributed by atoms with Crippen molar-refractivity contribution in [2.45, 2.75) is 38.0 Å². The molecule has 0 spiro atoms. The Balaban J connectivity index is 2.34. The zero-order valence-corrected chi connectivity index (χ0v) is 19.6. The van der Waals surface area contributed by atoms with E-state index >= 15 is 0 Å². The van der Waals surface area contributed by atoms with Gasteiger partial charge < -0.3 is 15.1 Å². The van der Waals surface area contributed by atoms with E-state index in [2.05, 4.69) is 26.9 Å². The lowest BCUT2D eigenvalue weighted by molar-refractivity contribution is -0.155. The lowest BCUT2D eigenvalue weighted by atomic mass is 10.0. The van der Waals surface area contributed by atoms with Crippen LogP contribution in [0.1, 0.15) is 36.9 Å². The van der Waals surface area contributed by atoms with Crippen molar-refractivity contribution in [3.63, 3.8) is 0 Å². The van der Waals surface area contributed by atoms with Crippen LogP contribution in [0, 0.1) is 0 Å². The maximum atomic E-state index is 13.9. The highest BCUT2D eigenvalue weighted by atomic mass is 35.5. The van der Waals surface area contributed by atoms with Crippen molar-refractivity contribution >= 4 is 47.9 Å². The number of carbonyl (C=O) groups is 1. The van der Waals surface area contributed by atoms with Crippen LogP contribution in [0.3, 0.4) is 0 Å². The topological polar surface area (TPSA) is 60.3 Å². The molecule has 1 heterocycles. The van der Waals surface area contributed by atoms with Crippen molar-refractivity contribution in [1.82, 2.24) is 15.1 Å². The van der Waals surface area contributed by atoms with Gasteiger partial charge in [-0.2, -0.15) is 13.2 Å². The van der Waals surface area contributed by atoms with Crippen molar-refractivity contribution in [3.8, 4) is 0 Å². The summed E-state index contributed by atoms with van der Waals surface area (Å²) in [5.74, 6) is 0. The predicted molar refractivity (Wildman–Crippen MR) is 124 cm³/mol. The number of urea groups is 1. The molecule has 0 saturated carbocycles. The van der Waals surface area contributed by atoms with E-state index in [4.69, 9.17) is 23.2 Å². The second-order valence-corrected chi connectivity index (χ2v) is 8.24. The van der Waals surface area contributed by atoms with Crippen LogP contribution in [0.2, 0.25) is 10.0 Å². The van der Waals surface area contributed by atoms with Gasteiger partial charge in [-0.15, -0.1) is 0 Å². The van der Waals surface area contributed by atoms with E-state index in [0.717, 1.165) is 13.1 Å². The molecule has 1 aromatic rings. The molecule has 1 atom stereocenters. The quantitative estimate of drug-likeness (QED) is 0.539. The molecule has 176 valence electrons. The first kappa shape index (κ1) is 26.2. The van der Waals surface area contributed by atoms with Crippen molar-refractivity contribution in [1.29, 1.82) is 0 Å². The van der Waals surface area contributed by atoms with Crippen molar-refractivity contribution in [2.24, 2.45) is 9.98 Å². The minimum Gasteiger partial charge on any atom is -0.325 e. The summed E-state index contributed by atoms with van der Waals surface area (Å²) >= 11 is 12.5. The van der Waals surface area contributed by atoms with E-state index in [1.807, 2.05) is 7.05 Å². The minimum atomic E-state index is -4.79. The molecule has 2 amide bonds. The Labute approximate surface area is 195 Å². The van der Waals surface area contributed by atoms with Gasteiger partial charge >= 0.3 is 12.2 Å². The van der Waals surface area contributed by atoms with Crippen LogP contribution in [0.5, 0.6) is 0 Å². The molecule has 32 heavy (non-hydrogen) atoms. The summed E-state index contributed by atoms with van der Waals surface area (Å²) in [7, 11) is 3.46. The first-order valence-corrected chi connectivity index (χ1v) is 10.7. The Morgan fingerprint density at radius 1 is 1.31 bits per heavy atom. The summed E-state index contributed by atoms with van der Waals surface area (Å²) < 4.78 is 41.8. The van der Waals surface area contributed by atoms with Gasteiger partial charge in [-0.1, -0.05) is 35.3 Å². The second kappa shape index (κ2) is 11.2. The number of likely N-dealkylation sites (tertiary alicyclic amines) is 1. The Morgan fingerprint density at radius 2 is 1.94 bits per heavy atom. The summed E-state index contributed by atoms with van der Waals surface area (Å²) in [5, 5.41) is 1.61. The maximum absolute atomic E-state index is 13.9. The number of nitrogens with one attached hydrogen (secondary N) is 1. The summed E-state index contributed by atoms with van der Waals surface area (Å²) in [6.45, 7) is 6.65. The first-order valence-electron chi connectivity index (χ1n) is 9.92. The number of hydrogen-bond donors (Lipinski definition) is 1. The molecule has 1 N–H and O–H groups in total. The van der Waals surface area contributed by atoms with E-state index in [0.29, 0.717) is 12.8 Å². The molecule has 1 saturated heterocycles. The number of hydrogen-bond acceptors (Lipinski definition) is 4. The van der Waals surface area contributed by atoms with Gasteiger partial charge in [-0.3, -0.25) is 9.98 Å². The van der Waals surface area contributed by atoms with E-state index in [-0.39, 0.29) is 32.9 Å². The van der Waals surface area contributed by atoms with Gasteiger partial charge in [0.25, 0.3) is 0 Å². The Bertz CT molecular complexity index is 896. The highest BCUT2D eigenvalue weighted by Crippen LogP contribution is 2.41. The molecule has 1 aliphatic heterocycles. The zero-order chi connectivity index (χ0) is 24.1. The number of rotatable bonds is 6. The van der Waals surface area contributed by atoms with Gasteiger partial charge in [0.15, 0.2) is 6.04 Å². The fraction of sp³-hybridized carbons (Fsp3) is 0.476. The number of aliphatic imine (C=N–C) groups is 2. The second-order valence-electron chi connectivity index (χ2n) is 7.48. The number of carbonyl (C=O) groups excluding carboxylic acids is 1. The van der Waals surface area contributed by atoms with Crippen LogP contribution >= 0.6 is 23.2 Å².